The van der Waals surface area contributed by atoms with E-state index in [1.807, 2.05) is 24.3 Å². The van der Waals surface area contributed by atoms with Gasteiger partial charge in [-0.1, -0.05) is 18.2 Å². The number of hydrogen-bond donors (Lipinski definition) is 2. The molecule has 0 bridgehead atoms. The molecule has 1 aliphatic heterocycles. The summed E-state index contributed by atoms with van der Waals surface area (Å²) in [6, 6.07) is 7.71. The highest BCUT2D eigenvalue weighted by Gasteiger charge is 2.16. The summed E-state index contributed by atoms with van der Waals surface area (Å²) in [4.78, 5) is 2.33. The van der Waals surface area contributed by atoms with Crippen LogP contribution in [0, 0.1) is 5.41 Å². The van der Waals surface area contributed by atoms with Gasteiger partial charge in [-0.2, -0.15) is 0 Å². The van der Waals surface area contributed by atoms with Crippen LogP contribution in [0.3, 0.4) is 0 Å². The molecule has 0 amide bonds. The van der Waals surface area contributed by atoms with E-state index < -0.39 is 0 Å². The van der Waals surface area contributed by atoms with Gasteiger partial charge in [0.15, 0.2) is 0 Å². The van der Waals surface area contributed by atoms with E-state index in [1.165, 1.54) is 0 Å². The van der Waals surface area contributed by atoms with Gasteiger partial charge < -0.3 is 15.4 Å². The zero-order valence-electron chi connectivity index (χ0n) is 11.3. The van der Waals surface area contributed by atoms with E-state index in [0.717, 1.165) is 37.1 Å². The molecule has 4 nitrogen and oxygen atoms in total. The molecule has 19 heavy (non-hydrogen) atoms. The fraction of sp³-hybridized carbons (Fsp3) is 0.500. The smallest absolute Gasteiger partial charge is 0.122 e. The fourth-order valence-corrected chi connectivity index (χ4v) is 2.19. The lowest BCUT2D eigenvalue weighted by molar-refractivity contribution is 0.00213. The van der Waals surface area contributed by atoms with Crippen LogP contribution in [0.25, 0.3) is 0 Å². The van der Waals surface area contributed by atoms with Gasteiger partial charge in [0.05, 0.1) is 12.7 Å². The maximum atomic E-state index is 7.41. The van der Waals surface area contributed by atoms with Crippen LogP contribution in [0.1, 0.15) is 24.0 Å². The molecule has 1 saturated heterocycles. The van der Waals surface area contributed by atoms with Crippen molar-refractivity contribution < 1.29 is 4.74 Å². The Kier molecular flexibility index (Phi) is 6.28. The molecule has 1 aromatic rings. The summed E-state index contributed by atoms with van der Waals surface area (Å²) < 4.78 is 5.91. The Labute approximate surface area is 120 Å². The molecule has 1 fully saturated rings. The second-order valence-electron chi connectivity index (χ2n) is 4.93. The number of nitrogen functional groups attached to an aromatic ring is 1. The summed E-state index contributed by atoms with van der Waals surface area (Å²) in [5.74, 6) is 0.108. The number of piperidine rings is 1. The third-order valence-electron chi connectivity index (χ3n) is 3.39. The topological polar surface area (TPSA) is 62.3 Å². The zero-order valence-corrected chi connectivity index (χ0v) is 12.1. The van der Waals surface area contributed by atoms with Gasteiger partial charge >= 0.3 is 0 Å². The predicted octanol–water partition coefficient (Wildman–Crippen LogP) is 2.00. The average Bonchev–Trinajstić information content (AvgIpc) is 2.38. The first-order valence-electron chi connectivity index (χ1n) is 6.38. The highest BCUT2D eigenvalue weighted by molar-refractivity contribution is 5.95. The monoisotopic (exact) mass is 283 g/mol. The maximum Gasteiger partial charge on any atom is 0.122 e. The Bertz CT molecular complexity index is 417. The molecule has 106 valence electrons. The van der Waals surface area contributed by atoms with Crippen molar-refractivity contribution >= 4 is 18.2 Å². The van der Waals surface area contributed by atoms with E-state index >= 15 is 0 Å². The second kappa shape index (κ2) is 7.48. The molecule has 3 N–H and O–H groups in total. The maximum absolute atomic E-state index is 7.41. The minimum Gasteiger partial charge on any atom is -0.384 e. The van der Waals surface area contributed by atoms with E-state index in [2.05, 4.69) is 11.9 Å². The summed E-state index contributed by atoms with van der Waals surface area (Å²) in [6.07, 6.45) is 2.56. The minimum atomic E-state index is 0. The predicted molar refractivity (Wildman–Crippen MR) is 80.0 cm³/mol. The van der Waals surface area contributed by atoms with Gasteiger partial charge in [0, 0.05) is 18.7 Å². The molecule has 0 saturated carbocycles. The van der Waals surface area contributed by atoms with Gasteiger partial charge in [-0.05, 0) is 31.5 Å². The number of amidine groups is 1. The molecule has 0 unspecified atom stereocenters. The highest BCUT2D eigenvalue weighted by Crippen LogP contribution is 2.15. The summed E-state index contributed by atoms with van der Waals surface area (Å²) in [7, 11) is 2.15. The largest absolute Gasteiger partial charge is 0.384 e. The molecule has 5 heteroatoms. The van der Waals surface area contributed by atoms with Crippen LogP contribution in [0.15, 0.2) is 24.3 Å². The highest BCUT2D eigenvalue weighted by atomic mass is 35.5. The summed E-state index contributed by atoms with van der Waals surface area (Å²) in [5, 5.41) is 7.41. The van der Waals surface area contributed by atoms with Gasteiger partial charge in [0.2, 0.25) is 0 Å². The number of benzene rings is 1. The van der Waals surface area contributed by atoms with Crippen molar-refractivity contribution in [3.8, 4) is 0 Å². The van der Waals surface area contributed by atoms with Crippen LogP contribution < -0.4 is 5.73 Å². The van der Waals surface area contributed by atoms with Crippen molar-refractivity contribution in [2.24, 2.45) is 5.73 Å². The molecule has 1 aliphatic rings. The third-order valence-corrected chi connectivity index (χ3v) is 3.39. The van der Waals surface area contributed by atoms with Gasteiger partial charge in [0.25, 0.3) is 0 Å². The van der Waals surface area contributed by atoms with Crippen LogP contribution in [0.4, 0.5) is 0 Å². The normalized spacial score (nSPS) is 16.9. The van der Waals surface area contributed by atoms with E-state index in [-0.39, 0.29) is 18.2 Å². The summed E-state index contributed by atoms with van der Waals surface area (Å²) in [6.45, 7) is 2.83. The van der Waals surface area contributed by atoms with E-state index in [9.17, 15) is 0 Å². The Hall–Kier alpha value is -1.10. The number of rotatable bonds is 4. The third kappa shape index (κ3) is 4.82. The molecular formula is C14H22ClN3O. The molecule has 0 atom stereocenters. The number of likely N-dealkylation sites (tertiary alicyclic amines) is 1. The quantitative estimate of drug-likeness (QED) is 0.656. The molecule has 1 heterocycles. The molecule has 0 radical (unpaired) electrons. The minimum absolute atomic E-state index is 0. The molecule has 1 aromatic carbocycles. The molecule has 2 rings (SSSR count). The Morgan fingerprint density at radius 1 is 1.42 bits per heavy atom. The lowest BCUT2D eigenvalue weighted by Gasteiger charge is -2.28. The van der Waals surface area contributed by atoms with Crippen molar-refractivity contribution in [3.05, 3.63) is 35.4 Å². The first-order chi connectivity index (χ1) is 8.65. The van der Waals surface area contributed by atoms with Crippen LogP contribution in [0.2, 0.25) is 0 Å². The van der Waals surface area contributed by atoms with Crippen LogP contribution in [-0.2, 0) is 11.3 Å². The van der Waals surface area contributed by atoms with Crippen LogP contribution in [-0.4, -0.2) is 37.0 Å². The number of halogens is 1. The lowest BCUT2D eigenvalue weighted by Crippen LogP contribution is -2.34. The molecule has 0 aromatic heterocycles. The van der Waals surface area contributed by atoms with Gasteiger partial charge in [-0.3, -0.25) is 5.41 Å². The number of nitrogens with two attached hydrogens (primary N) is 1. The second-order valence-corrected chi connectivity index (χ2v) is 4.93. The number of ether oxygens (including phenoxy) is 1. The SMILES string of the molecule is CN1CCC(OCc2cccc(C(=N)N)c2)CC1.Cl. The van der Waals surface area contributed by atoms with Crippen molar-refractivity contribution in [1.29, 1.82) is 5.41 Å². The van der Waals surface area contributed by atoms with E-state index in [1.54, 1.807) is 0 Å². The summed E-state index contributed by atoms with van der Waals surface area (Å²) in [5.41, 5.74) is 7.32. The number of hydrogen-bond acceptors (Lipinski definition) is 3. The number of nitrogens with one attached hydrogen (secondary N) is 1. The standard InChI is InChI=1S/C14H21N3O.ClH/c1-17-7-5-13(6-8-17)18-10-11-3-2-4-12(9-11)14(15)16;/h2-4,9,13H,5-8,10H2,1H3,(H3,15,16);1H. The molecule has 0 aliphatic carbocycles. The first-order valence-corrected chi connectivity index (χ1v) is 6.38. The van der Waals surface area contributed by atoms with Crippen LogP contribution >= 0.6 is 12.4 Å². The van der Waals surface area contributed by atoms with Crippen molar-refractivity contribution in [2.45, 2.75) is 25.6 Å². The Morgan fingerprint density at radius 2 is 2.11 bits per heavy atom. The zero-order chi connectivity index (χ0) is 13.0. The van der Waals surface area contributed by atoms with Crippen LogP contribution in [0.5, 0.6) is 0 Å². The molecule has 0 spiro atoms. The summed E-state index contributed by atoms with van der Waals surface area (Å²) >= 11 is 0. The number of nitrogens with zero attached hydrogens (tertiary/aromatic N) is 1. The van der Waals surface area contributed by atoms with Crippen molar-refractivity contribution in [2.75, 3.05) is 20.1 Å². The van der Waals surface area contributed by atoms with Gasteiger partial charge in [-0.25, -0.2) is 0 Å². The van der Waals surface area contributed by atoms with Gasteiger partial charge in [-0.15, -0.1) is 12.4 Å². The van der Waals surface area contributed by atoms with E-state index in [4.69, 9.17) is 15.9 Å². The average molecular weight is 284 g/mol. The Morgan fingerprint density at radius 3 is 2.74 bits per heavy atom. The Balaban J connectivity index is 0.00000180. The van der Waals surface area contributed by atoms with Crippen molar-refractivity contribution in [1.82, 2.24) is 4.90 Å². The van der Waals surface area contributed by atoms with Gasteiger partial charge in [0.1, 0.15) is 5.84 Å². The van der Waals surface area contributed by atoms with Crippen molar-refractivity contribution in [3.63, 3.8) is 0 Å². The molecular weight excluding hydrogens is 262 g/mol. The van der Waals surface area contributed by atoms with E-state index in [0.29, 0.717) is 12.7 Å². The first kappa shape index (κ1) is 16.0. The fourth-order valence-electron chi connectivity index (χ4n) is 2.19. The lowest BCUT2D eigenvalue weighted by atomic mass is 10.1.